The van der Waals surface area contributed by atoms with Crippen molar-refractivity contribution >= 4 is 23.4 Å². The lowest BCUT2D eigenvalue weighted by atomic mass is 9.95. The average molecular weight is 640 g/mol. The van der Waals surface area contributed by atoms with Crippen LogP contribution in [-0.4, -0.2) is 102 Å². The summed E-state index contributed by atoms with van der Waals surface area (Å²) in [6, 6.07) is 6.78. The lowest BCUT2D eigenvalue weighted by Gasteiger charge is -2.31. The Hall–Kier alpha value is -4.63. The highest BCUT2D eigenvalue weighted by Gasteiger charge is 2.49. The second-order valence-corrected chi connectivity index (χ2v) is 13.6. The van der Waals surface area contributed by atoms with E-state index >= 15 is 0 Å². The van der Waals surface area contributed by atoms with Gasteiger partial charge in [0, 0.05) is 55.4 Å². The fourth-order valence-electron chi connectivity index (χ4n) is 8.38. The molecule has 8 rings (SSSR count). The molecule has 6 heterocycles. The van der Waals surface area contributed by atoms with Crippen molar-refractivity contribution in [3.8, 4) is 41.3 Å². The average Bonchev–Trinajstić information content (AvgIpc) is 3.81. The number of hydrogen-bond acceptors (Lipinski definition) is 8. The Labute approximate surface area is 271 Å². The smallest absolute Gasteiger partial charge is 0.323 e. The molecule has 2 bridgehead atoms. The van der Waals surface area contributed by atoms with Crippen molar-refractivity contribution in [3.05, 3.63) is 48.2 Å². The summed E-state index contributed by atoms with van der Waals surface area (Å²) >= 11 is 0. The number of anilines is 1. The fourth-order valence-corrected chi connectivity index (χ4v) is 8.38. The number of ether oxygens (including phenoxy) is 1. The van der Waals surface area contributed by atoms with Gasteiger partial charge in [0.2, 0.25) is 11.9 Å². The largest absolute Gasteiger partial charge is 0.508 e. The van der Waals surface area contributed by atoms with E-state index < -0.39 is 12.0 Å². The Kier molecular flexibility index (Phi) is 7.13. The molecule has 2 aromatic heterocycles. The third-order valence-electron chi connectivity index (χ3n) is 10.7. The van der Waals surface area contributed by atoms with Crippen LogP contribution < -0.4 is 9.64 Å². The van der Waals surface area contributed by atoms with E-state index in [0.29, 0.717) is 58.9 Å². The number of phenols is 1. The van der Waals surface area contributed by atoms with Crippen LogP contribution >= 0.6 is 0 Å². The van der Waals surface area contributed by atoms with Crippen LogP contribution in [0.4, 0.5) is 14.7 Å². The molecule has 4 saturated heterocycles. The molecule has 4 aliphatic rings. The number of imidazole rings is 1. The van der Waals surface area contributed by atoms with Gasteiger partial charge in [0.25, 0.3) is 0 Å². The molecule has 1 N–H and O–H groups in total. The van der Waals surface area contributed by atoms with Crippen molar-refractivity contribution < 1.29 is 23.2 Å². The summed E-state index contributed by atoms with van der Waals surface area (Å²) in [5.74, 6) is 3.06. The van der Waals surface area contributed by atoms with Crippen LogP contribution in [-0.2, 0) is 0 Å². The summed E-state index contributed by atoms with van der Waals surface area (Å²) < 4.78 is 39.5. The molecule has 5 atom stereocenters. The van der Waals surface area contributed by atoms with Crippen LogP contribution in [0.15, 0.2) is 36.8 Å². The number of rotatable bonds is 6. The number of alkyl halides is 1. The zero-order valence-electron chi connectivity index (χ0n) is 26.3. The Morgan fingerprint density at radius 2 is 2.02 bits per heavy atom. The van der Waals surface area contributed by atoms with Crippen LogP contribution in [0.5, 0.6) is 11.8 Å². The zero-order chi connectivity index (χ0) is 32.4. The van der Waals surface area contributed by atoms with Crippen LogP contribution in [0.1, 0.15) is 44.6 Å². The second kappa shape index (κ2) is 11.3. The Morgan fingerprint density at radius 3 is 2.87 bits per heavy atom. The quantitative estimate of drug-likeness (QED) is 0.246. The summed E-state index contributed by atoms with van der Waals surface area (Å²) in [6.07, 6.45) is 12.6. The molecule has 4 fully saturated rings. The number of aromatic nitrogens is 5. The minimum absolute atomic E-state index is 0.00145. The summed E-state index contributed by atoms with van der Waals surface area (Å²) in [4.78, 5) is 23.4. The van der Waals surface area contributed by atoms with Gasteiger partial charge in [0.05, 0.1) is 23.3 Å². The molecule has 0 radical (unpaired) electrons. The summed E-state index contributed by atoms with van der Waals surface area (Å²) in [5, 5.41) is 11.6. The number of phenolic OH excluding ortho intramolecular Hbond substituents is 1. The van der Waals surface area contributed by atoms with Gasteiger partial charge in [-0.3, -0.25) is 9.47 Å². The van der Waals surface area contributed by atoms with E-state index in [1.807, 2.05) is 0 Å². The Bertz CT molecular complexity index is 1940. The number of nitrogens with zero attached hydrogens (tertiary/aromatic N) is 8. The highest BCUT2D eigenvalue weighted by Crippen LogP contribution is 2.41. The Morgan fingerprint density at radius 1 is 1.17 bits per heavy atom. The monoisotopic (exact) mass is 639 g/mol. The fraction of sp³-hybridized carbons (Fsp3) is 0.457. The molecule has 47 heavy (non-hydrogen) atoms. The van der Waals surface area contributed by atoms with Crippen molar-refractivity contribution in [2.24, 2.45) is 5.92 Å². The SMILES string of the molecule is C#Cc1c(F)ccc2cc(O)cc(-c3cn(-c4nc(OC[C@@]56CCCN5C[C@H](F)C6)nc(N5C[C@H]6CCC([C@H](C)C5)[N+]6=C)n4)cn3)c12. The van der Waals surface area contributed by atoms with Crippen molar-refractivity contribution in [2.75, 3.05) is 37.7 Å². The number of benzene rings is 2. The molecule has 0 spiro atoms. The van der Waals surface area contributed by atoms with Gasteiger partial charge in [-0.2, -0.15) is 15.0 Å². The van der Waals surface area contributed by atoms with Gasteiger partial charge >= 0.3 is 6.01 Å². The minimum atomic E-state index is -0.871. The van der Waals surface area contributed by atoms with Gasteiger partial charge in [-0.05, 0) is 43.0 Å². The minimum Gasteiger partial charge on any atom is -0.508 e. The van der Waals surface area contributed by atoms with E-state index in [1.165, 1.54) is 12.1 Å². The van der Waals surface area contributed by atoms with E-state index in [9.17, 15) is 13.9 Å². The molecule has 2 aromatic carbocycles. The van der Waals surface area contributed by atoms with E-state index in [2.05, 4.69) is 38.9 Å². The highest BCUT2D eigenvalue weighted by molar-refractivity contribution is 6.01. The Balaban J connectivity index is 1.19. The third-order valence-corrected chi connectivity index (χ3v) is 10.7. The molecule has 0 aliphatic carbocycles. The van der Waals surface area contributed by atoms with Crippen molar-refractivity contribution in [1.29, 1.82) is 0 Å². The van der Waals surface area contributed by atoms with Crippen molar-refractivity contribution in [1.82, 2.24) is 29.4 Å². The van der Waals surface area contributed by atoms with Crippen LogP contribution in [0.3, 0.4) is 0 Å². The van der Waals surface area contributed by atoms with Gasteiger partial charge in [0.1, 0.15) is 37.4 Å². The molecule has 10 nitrogen and oxygen atoms in total. The molecule has 4 aliphatic heterocycles. The lowest BCUT2D eigenvalue weighted by molar-refractivity contribution is -0.572. The first-order valence-electron chi connectivity index (χ1n) is 16.3. The van der Waals surface area contributed by atoms with E-state index in [1.54, 1.807) is 29.2 Å². The molecule has 4 aromatic rings. The first kappa shape index (κ1) is 29.8. The van der Waals surface area contributed by atoms with Crippen molar-refractivity contribution in [2.45, 2.75) is 62.8 Å². The van der Waals surface area contributed by atoms with Crippen LogP contribution in [0, 0.1) is 24.1 Å². The van der Waals surface area contributed by atoms with Gasteiger partial charge in [-0.25, -0.2) is 18.3 Å². The molecule has 12 heteroatoms. The van der Waals surface area contributed by atoms with E-state index in [0.717, 1.165) is 45.3 Å². The first-order chi connectivity index (χ1) is 22.7. The lowest BCUT2D eigenvalue weighted by Crippen LogP contribution is -2.43. The topological polar surface area (TPSA) is 95.4 Å². The van der Waals surface area contributed by atoms with Gasteiger partial charge in [-0.1, -0.05) is 18.9 Å². The number of hydrogen-bond donors (Lipinski definition) is 1. The third kappa shape index (κ3) is 5.08. The number of aromatic hydroxyl groups is 1. The molecular formula is C35H37F2N8O2+. The molecular weight excluding hydrogens is 602 g/mol. The number of terminal acetylenes is 1. The van der Waals surface area contributed by atoms with E-state index in [-0.39, 0.29) is 35.5 Å². The molecule has 242 valence electrons. The maximum atomic E-state index is 14.8. The van der Waals surface area contributed by atoms with Crippen molar-refractivity contribution in [3.63, 3.8) is 0 Å². The molecule has 0 amide bonds. The van der Waals surface area contributed by atoms with Gasteiger partial charge in [0.15, 0.2) is 12.1 Å². The first-order valence-corrected chi connectivity index (χ1v) is 16.3. The number of fused-ring (bicyclic) bond motifs is 4. The maximum absolute atomic E-state index is 14.8. The van der Waals surface area contributed by atoms with Gasteiger partial charge < -0.3 is 14.7 Å². The number of halogens is 2. The predicted octanol–water partition coefficient (Wildman–Crippen LogP) is 4.36. The summed E-state index contributed by atoms with van der Waals surface area (Å²) in [6.45, 7) is 9.64. The van der Waals surface area contributed by atoms with Crippen LogP contribution in [0.2, 0.25) is 0 Å². The van der Waals surface area contributed by atoms with E-state index in [4.69, 9.17) is 26.1 Å². The highest BCUT2D eigenvalue weighted by atomic mass is 19.1. The summed E-state index contributed by atoms with van der Waals surface area (Å²) in [5.41, 5.74) is 0.662. The zero-order valence-corrected chi connectivity index (χ0v) is 26.3. The molecule has 1 unspecified atom stereocenters. The maximum Gasteiger partial charge on any atom is 0.323 e. The van der Waals surface area contributed by atoms with Gasteiger partial charge in [-0.15, -0.1) is 6.42 Å². The molecule has 0 saturated carbocycles. The van der Waals surface area contributed by atoms with Crippen LogP contribution in [0.25, 0.3) is 28.0 Å². The normalized spacial score (nSPS) is 27.3. The second-order valence-electron chi connectivity index (χ2n) is 13.6. The predicted molar refractivity (Wildman–Crippen MR) is 174 cm³/mol. The standard InChI is InChI=1S/C35H36F2N8O2/c1-4-26-28(37)8-6-22-12-25(46)13-27(31(22)26)29-18-44(20-38-29)33-39-32(43-15-21(2)30-9-7-24(17-43)42(30)3)40-34(41-33)47-19-35-10-5-11-45(35)16-23(36)14-35/h1,6,8,12-13,18,20-21,23-24,30H,3,5,7,9-11,14-17,19H2,2H3/p+1/t21-,23-,24-,30?,35+/m1/s1. The summed E-state index contributed by atoms with van der Waals surface area (Å²) in [7, 11) is 0.